The Bertz CT molecular complexity index is 968. The number of carbonyl (C=O) groups is 2. The van der Waals surface area contributed by atoms with Crippen molar-refractivity contribution < 1.29 is 24.2 Å². The number of fused-ring (bicyclic) bond motifs is 1. The molecule has 4 rings (SSSR count). The fourth-order valence-electron chi connectivity index (χ4n) is 5.34. The third-order valence-corrected chi connectivity index (χ3v) is 6.72. The highest BCUT2D eigenvalue weighted by atomic mass is 16.5. The summed E-state index contributed by atoms with van der Waals surface area (Å²) in [6.45, 7) is 5.96. The number of ketones is 1. The molecule has 2 atom stereocenters. The van der Waals surface area contributed by atoms with Crippen molar-refractivity contribution in [2.75, 3.05) is 7.11 Å². The van der Waals surface area contributed by atoms with Gasteiger partial charge in [-0.05, 0) is 62.1 Å². The first-order chi connectivity index (χ1) is 14.7. The molecule has 3 aliphatic rings. The van der Waals surface area contributed by atoms with E-state index in [0.717, 1.165) is 31.4 Å². The van der Waals surface area contributed by atoms with Gasteiger partial charge in [-0.15, -0.1) is 0 Å². The van der Waals surface area contributed by atoms with Crippen LogP contribution in [0.1, 0.15) is 70.8 Å². The van der Waals surface area contributed by atoms with E-state index in [1.807, 2.05) is 13.0 Å². The third-order valence-electron chi connectivity index (χ3n) is 6.72. The first kappa shape index (κ1) is 21.6. The first-order valence-electron chi connectivity index (χ1n) is 11.1. The van der Waals surface area contributed by atoms with Crippen LogP contribution in [0.3, 0.4) is 0 Å². The second-order valence-electron chi connectivity index (χ2n) is 9.78. The highest BCUT2D eigenvalue weighted by Crippen LogP contribution is 2.48. The molecule has 6 heteroatoms. The number of methoxy groups -OCH3 is 1. The zero-order valence-electron chi connectivity index (χ0n) is 18.7. The lowest BCUT2D eigenvalue weighted by Gasteiger charge is -2.41. The van der Waals surface area contributed by atoms with Crippen LogP contribution >= 0.6 is 0 Å². The van der Waals surface area contributed by atoms with Gasteiger partial charge in [0.05, 0.1) is 18.6 Å². The number of ether oxygens (including phenoxy) is 2. The highest BCUT2D eigenvalue weighted by molar-refractivity contribution is 6.12. The summed E-state index contributed by atoms with van der Waals surface area (Å²) in [5.74, 6) is -1.04. The Labute approximate surface area is 183 Å². The van der Waals surface area contributed by atoms with Crippen LogP contribution in [0, 0.1) is 11.3 Å². The van der Waals surface area contributed by atoms with E-state index in [1.54, 1.807) is 12.1 Å². The van der Waals surface area contributed by atoms with Crippen LogP contribution in [0.2, 0.25) is 0 Å². The summed E-state index contributed by atoms with van der Waals surface area (Å²) in [7, 11) is 1.49. The number of aromatic hydroxyl groups is 1. The summed E-state index contributed by atoms with van der Waals surface area (Å²) in [5, 5.41) is 10.4. The zero-order valence-corrected chi connectivity index (χ0v) is 18.7. The summed E-state index contributed by atoms with van der Waals surface area (Å²) in [5.41, 5.74) is 2.37. The van der Waals surface area contributed by atoms with E-state index in [9.17, 15) is 14.7 Å². The quantitative estimate of drug-likeness (QED) is 0.707. The molecule has 0 bridgehead atoms. The molecule has 2 fully saturated rings. The number of Topliss-reactive ketones (excluding diaryl/α,β-unsaturated/α-hetero) is 1. The first-order valence-corrected chi connectivity index (χ1v) is 11.1. The van der Waals surface area contributed by atoms with Crippen LogP contribution in [0.4, 0.5) is 0 Å². The summed E-state index contributed by atoms with van der Waals surface area (Å²) >= 11 is 0. The molecular weight excluding hydrogens is 394 g/mol. The summed E-state index contributed by atoms with van der Waals surface area (Å²) < 4.78 is 11.0. The molecule has 0 unspecified atom stereocenters. The normalized spacial score (nSPS) is 25.8. The molecule has 2 aliphatic carbocycles. The molecule has 1 heterocycles. The molecule has 1 aromatic rings. The number of carbonyl (C=O) groups excluding carboxylic acids is 2. The molecule has 2 saturated carbocycles. The molecule has 0 saturated heterocycles. The van der Waals surface area contributed by atoms with Gasteiger partial charge in [0.2, 0.25) is 0 Å². The van der Waals surface area contributed by atoms with Gasteiger partial charge in [0, 0.05) is 23.7 Å². The molecule has 0 radical (unpaired) electrons. The molecule has 6 nitrogen and oxygen atoms in total. The van der Waals surface area contributed by atoms with E-state index in [2.05, 4.69) is 13.8 Å². The van der Waals surface area contributed by atoms with E-state index in [-0.39, 0.29) is 23.1 Å². The zero-order chi connectivity index (χ0) is 22.3. The minimum absolute atomic E-state index is 0.0196. The second kappa shape index (κ2) is 8.13. The maximum atomic E-state index is 13.3. The number of nitrogens with zero attached hydrogens (tertiary/aromatic N) is 1. The number of aliphatic imine (C=N–C) groups is 1. The molecule has 0 spiro atoms. The number of phenols is 1. The Morgan fingerprint density at radius 2 is 1.87 bits per heavy atom. The number of benzene rings is 1. The van der Waals surface area contributed by atoms with Crippen LogP contribution in [0.25, 0.3) is 0 Å². The van der Waals surface area contributed by atoms with Crippen LogP contribution in [-0.4, -0.2) is 35.8 Å². The molecule has 1 aliphatic heterocycles. The minimum Gasteiger partial charge on any atom is -0.504 e. The highest BCUT2D eigenvalue weighted by Gasteiger charge is 2.48. The van der Waals surface area contributed by atoms with Crippen LogP contribution < -0.4 is 4.74 Å². The van der Waals surface area contributed by atoms with Crippen molar-refractivity contribution in [3.63, 3.8) is 0 Å². The molecular formula is C25H31NO5. The van der Waals surface area contributed by atoms with Gasteiger partial charge in [-0.3, -0.25) is 9.79 Å². The maximum absolute atomic E-state index is 13.3. The number of esters is 1. The standard InChI is InChI=1S/C25H31NO5/c1-14-21(24(29)31-16-7-5-6-8-16)22(15-9-10-20(30-4)18(27)11-15)23-17(26-14)12-25(2,3)13-19(23)28/h9-11,16,22-23,27H,5-8,12-13H2,1-4H3/t22-,23+/m0/s1. The van der Waals surface area contributed by atoms with Crippen molar-refractivity contribution in [3.05, 3.63) is 35.0 Å². The summed E-state index contributed by atoms with van der Waals surface area (Å²) in [6, 6.07) is 5.08. The Balaban J connectivity index is 1.80. The number of rotatable bonds is 4. The molecule has 0 amide bonds. The van der Waals surface area contributed by atoms with E-state index in [0.29, 0.717) is 35.4 Å². The van der Waals surface area contributed by atoms with Gasteiger partial charge < -0.3 is 14.6 Å². The Morgan fingerprint density at radius 1 is 1.16 bits per heavy atom. The van der Waals surface area contributed by atoms with Gasteiger partial charge >= 0.3 is 5.97 Å². The van der Waals surface area contributed by atoms with E-state index >= 15 is 0 Å². The van der Waals surface area contributed by atoms with Gasteiger partial charge in [-0.2, -0.15) is 0 Å². The lowest BCUT2D eigenvalue weighted by Crippen LogP contribution is -2.44. The Morgan fingerprint density at radius 3 is 2.52 bits per heavy atom. The molecule has 0 aromatic heterocycles. The Kier molecular flexibility index (Phi) is 5.67. The fourth-order valence-corrected chi connectivity index (χ4v) is 5.34. The average Bonchev–Trinajstić information content (AvgIpc) is 3.18. The van der Waals surface area contributed by atoms with Gasteiger partial charge in [0.15, 0.2) is 11.5 Å². The van der Waals surface area contributed by atoms with Crippen LogP contribution in [-0.2, 0) is 14.3 Å². The third kappa shape index (κ3) is 4.12. The molecule has 1 aromatic carbocycles. The van der Waals surface area contributed by atoms with Gasteiger partial charge in [-0.25, -0.2) is 4.79 Å². The summed E-state index contributed by atoms with van der Waals surface area (Å²) in [6.07, 6.45) is 4.91. The van der Waals surface area contributed by atoms with E-state index < -0.39 is 17.8 Å². The number of hydrogen-bond acceptors (Lipinski definition) is 6. The average molecular weight is 426 g/mol. The largest absolute Gasteiger partial charge is 0.504 e. The van der Waals surface area contributed by atoms with Crippen molar-refractivity contribution in [1.82, 2.24) is 0 Å². The van der Waals surface area contributed by atoms with Crippen molar-refractivity contribution in [2.45, 2.75) is 71.3 Å². The van der Waals surface area contributed by atoms with Gasteiger partial charge in [0.25, 0.3) is 0 Å². The number of hydrogen-bond donors (Lipinski definition) is 1. The lowest BCUT2D eigenvalue weighted by molar-refractivity contribution is -0.144. The Hall–Kier alpha value is -2.63. The van der Waals surface area contributed by atoms with E-state index in [1.165, 1.54) is 7.11 Å². The maximum Gasteiger partial charge on any atom is 0.336 e. The van der Waals surface area contributed by atoms with Gasteiger partial charge in [0.1, 0.15) is 11.9 Å². The van der Waals surface area contributed by atoms with Gasteiger partial charge in [-0.1, -0.05) is 19.9 Å². The number of allylic oxidation sites excluding steroid dienone is 1. The predicted octanol–water partition coefficient (Wildman–Crippen LogP) is 4.70. The molecule has 1 N–H and O–H groups in total. The van der Waals surface area contributed by atoms with Crippen LogP contribution in [0.5, 0.6) is 11.5 Å². The van der Waals surface area contributed by atoms with Crippen LogP contribution in [0.15, 0.2) is 34.5 Å². The topological polar surface area (TPSA) is 85.2 Å². The SMILES string of the molecule is COc1ccc([C@H]2C(C(=O)OC3CCCC3)=C(C)N=C3CC(C)(C)CC(=O)[C@@H]32)cc1O. The van der Waals surface area contributed by atoms with Crippen molar-refractivity contribution >= 4 is 17.5 Å². The fraction of sp³-hybridized carbons (Fsp3) is 0.560. The molecule has 31 heavy (non-hydrogen) atoms. The summed E-state index contributed by atoms with van der Waals surface area (Å²) in [4.78, 5) is 31.4. The minimum atomic E-state index is -0.526. The lowest BCUT2D eigenvalue weighted by atomic mass is 9.63. The second-order valence-corrected chi connectivity index (χ2v) is 9.78. The van der Waals surface area contributed by atoms with E-state index in [4.69, 9.17) is 14.5 Å². The number of phenolic OH excluding ortho intramolecular Hbond substituents is 1. The smallest absolute Gasteiger partial charge is 0.336 e. The molecule has 166 valence electrons. The monoisotopic (exact) mass is 425 g/mol. The van der Waals surface area contributed by atoms with Crippen molar-refractivity contribution in [1.29, 1.82) is 0 Å². The van der Waals surface area contributed by atoms with Crippen molar-refractivity contribution in [3.8, 4) is 11.5 Å². The predicted molar refractivity (Wildman–Crippen MR) is 117 cm³/mol. The van der Waals surface area contributed by atoms with Crippen molar-refractivity contribution in [2.24, 2.45) is 16.3 Å².